The van der Waals surface area contributed by atoms with Gasteiger partial charge in [-0.25, -0.2) is 9.97 Å². The average Bonchev–Trinajstić information content (AvgIpc) is 2.61. The number of aryl methyl sites for hydroxylation is 1. The molecule has 1 fully saturated rings. The van der Waals surface area contributed by atoms with Crippen LogP contribution in [-0.2, 0) is 0 Å². The average molecular weight is 327 g/mol. The molecule has 1 aliphatic heterocycles. The molecular formula is C17H21N5O2. The Balaban J connectivity index is 1.64. The number of likely N-dealkylation sites (tertiary alicyclic amines) is 1. The number of nitrogens with one attached hydrogen (secondary N) is 1. The molecule has 1 aliphatic rings. The van der Waals surface area contributed by atoms with Gasteiger partial charge in [-0.15, -0.1) is 0 Å². The molecule has 0 aliphatic carbocycles. The zero-order valence-electron chi connectivity index (χ0n) is 13.9. The number of carbonyl (C=O) groups excluding carboxylic acids is 1. The van der Waals surface area contributed by atoms with Crippen molar-refractivity contribution in [2.75, 3.05) is 25.0 Å². The molecule has 1 saturated heterocycles. The number of nitrogens with zero attached hydrogens (tertiary/aromatic N) is 4. The topological polar surface area (TPSA) is 82.2 Å². The lowest BCUT2D eigenvalue weighted by molar-refractivity contribution is 0.0711. The van der Waals surface area contributed by atoms with E-state index in [9.17, 15) is 9.59 Å². The lowest BCUT2D eigenvalue weighted by Crippen LogP contribution is -2.46. The van der Waals surface area contributed by atoms with Crippen LogP contribution in [0.2, 0.25) is 0 Å². The Kier molecular flexibility index (Phi) is 4.59. The Bertz CT molecular complexity index is 780. The number of rotatable bonds is 3. The van der Waals surface area contributed by atoms with Crippen molar-refractivity contribution in [3.05, 3.63) is 52.3 Å². The van der Waals surface area contributed by atoms with Crippen LogP contribution in [0.25, 0.3) is 0 Å². The number of pyridine rings is 1. The largest absolute Gasteiger partial charge is 0.356 e. The zero-order valence-corrected chi connectivity index (χ0v) is 13.9. The van der Waals surface area contributed by atoms with Crippen molar-refractivity contribution < 1.29 is 4.79 Å². The summed E-state index contributed by atoms with van der Waals surface area (Å²) in [6.45, 7) is 3.20. The van der Waals surface area contributed by atoms with Crippen LogP contribution in [0.1, 0.15) is 28.9 Å². The fraction of sp³-hybridized carbons (Fsp3) is 0.412. The highest BCUT2D eigenvalue weighted by Crippen LogP contribution is 2.21. The third kappa shape index (κ3) is 3.29. The van der Waals surface area contributed by atoms with E-state index in [0.29, 0.717) is 19.1 Å². The smallest absolute Gasteiger partial charge is 0.260 e. The second-order valence-corrected chi connectivity index (χ2v) is 6.06. The van der Waals surface area contributed by atoms with Crippen LogP contribution >= 0.6 is 0 Å². The van der Waals surface area contributed by atoms with E-state index < -0.39 is 0 Å². The molecule has 7 heteroatoms. The van der Waals surface area contributed by atoms with Crippen molar-refractivity contribution in [2.45, 2.75) is 25.8 Å². The van der Waals surface area contributed by atoms with E-state index in [4.69, 9.17) is 0 Å². The molecule has 0 unspecified atom stereocenters. The van der Waals surface area contributed by atoms with Gasteiger partial charge in [-0.1, -0.05) is 0 Å². The second kappa shape index (κ2) is 6.82. The highest BCUT2D eigenvalue weighted by Gasteiger charge is 2.27. The highest BCUT2D eigenvalue weighted by molar-refractivity contribution is 5.93. The molecule has 126 valence electrons. The van der Waals surface area contributed by atoms with Gasteiger partial charge >= 0.3 is 0 Å². The number of piperidine rings is 1. The third-order valence-corrected chi connectivity index (χ3v) is 4.50. The van der Waals surface area contributed by atoms with E-state index in [2.05, 4.69) is 19.9 Å². The maximum Gasteiger partial charge on any atom is 0.260 e. The van der Waals surface area contributed by atoms with Crippen molar-refractivity contribution in [2.24, 2.45) is 0 Å². The van der Waals surface area contributed by atoms with Gasteiger partial charge in [0, 0.05) is 44.1 Å². The Morgan fingerprint density at radius 1 is 1.33 bits per heavy atom. The van der Waals surface area contributed by atoms with E-state index in [1.54, 1.807) is 23.4 Å². The number of hydrogen-bond acceptors (Lipinski definition) is 5. The number of carbonyl (C=O) groups is 1. The molecule has 1 amide bonds. The number of H-pyrrole nitrogens is 1. The van der Waals surface area contributed by atoms with Gasteiger partial charge in [0.25, 0.3) is 11.5 Å². The van der Waals surface area contributed by atoms with Gasteiger partial charge in [-0.3, -0.25) is 9.59 Å². The Morgan fingerprint density at radius 2 is 2.08 bits per heavy atom. The first-order chi connectivity index (χ1) is 11.6. The van der Waals surface area contributed by atoms with Crippen LogP contribution in [0.4, 0.5) is 5.82 Å². The number of aromatic amines is 1. The standard InChI is InChI=1S/C17H21N5O2/c1-12-10-15(20-11-19-12)21(2)13-5-8-22(9-6-13)17(24)14-4-3-7-18-16(14)23/h3-4,7,10-11,13H,5-6,8-9H2,1-2H3,(H,18,23). The minimum atomic E-state index is -0.335. The molecule has 7 nitrogen and oxygen atoms in total. The van der Waals surface area contributed by atoms with Crippen LogP contribution in [0, 0.1) is 6.92 Å². The Morgan fingerprint density at radius 3 is 2.75 bits per heavy atom. The van der Waals surface area contributed by atoms with Crippen molar-refractivity contribution in [3.63, 3.8) is 0 Å². The Hall–Kier alpha value is -2.70. The summed E-state index contributed by atoms with van der Waals surface area (Å²) in [6, 6.07) is 5.52. The molecule has 24 heavy (non-hydrogen) atoms. The SMILES string of the molecule is Cc1cc(N(C)C2CCN(C(=O)c3ccc[nH]c3=O)CC2)ncn1. The third-order valence-electron chi connectivity index (χ3n) is 4.50. The monoisotopic (exact) mass is 327 g/mol. The lowest BCUT2D eigenvalue weighted by atomic mass is 10.0. The maximum absolute atomic E-state index is 12.5. The van der Waals surface area contributed by atoms with E-state index >= 15 is 0 Å². The van der Waals surface area contributed by atoms with E-state index in [0.717, 1.165) is 24.4 Å². The lowest BCUT2D eigenvalue weighted by Gasteiger charge is -2.37. The quantitative estimate of drug-likeness (QED) is 0.916. The summed E-state index contributed by atoms with van der Waals surface area (Å²) in [5, 5.41) is 0. The zero-order chi connectivity index (χ0) is 17.1. The van der Waals surface area contributed by atoms with Crippen molar-refractivity contribution in [1.82, 2.24) is 19.9 Å². The summed E-state index contributed by atoms with van der Waals surface area (Å²) >= 11 is 0. The van der Waals surface area contributed by atoms with Gasteiger partial charge in [-0.2, -0.15) is 0 Å². The van der Waals surface area contributed by atoms with E-state index in [1.165, 1.54) is 6.20 Å². The minimum Gasteiger partial charge on any atom is -0.356 e. The summed E-state index contributed by atoms with van der Waals surface area (Å²) in [5.41, 5.74) is 0.802. The van der Waals surface area contributed by atoms with Crippen LogP contribution in [-0.4, -0.2) is 51.9 Å². The Labute approximate surface area is 140 Å². The predicted octanol–water partition coefficient (Wildman–Crippen LogP) is 1.21. The second-order valence-electron chi connectivity index (χ2n) is 6.06. The number of aromatic nitrogens is 3. The molecule has 2 aromatic rings. The number of amides is 1. The number of hydrogen-bond donors (Lipinski definition) is 1. The van der Waals surface area contributed by atoms with Gasteiger partial charge in [0.1, 0.15) is 17.7 Å². The predicted molar refractivity (Wildman–Crippen MR) is 91.2 cm³/mol. The summed E-state index contributed by atoms with van der Waals surface area (Å²) in [6.07, 6.45) is 4.79. The fourth-order valence-electron chi connectivity index (χ4n) is 3.04. The highest BCUT2D eigenvalue weighted by atomic mass is 16.2. The molecule has 3 rings (SSSR count). The number of anilines is 1. The minimum absolute atomic E-state index is 0.198. The van der Waals surface area contributed by atoms with Gasteiger partial charge in [0.05, 0.1) is 0 Å². The van der Waals surface area contributed by atoms with E-state index in [-0.39, 0.29) is 17.0 Å². The van der Waals surface area contributed by atoms with Gasteiger partial charge in [-0.05, 0) is 31.9 Å². The molecule has 0 aromatic carbocycles. The molecule has 0 radical (unpaired) electrons. The normalized spacial score (nSPS) is 15.3. The van der Waals surface area contributed by atoms with Crippen LogP contribution in [0.3, 0.4) is 0 Å². The first-order valence-corrected chi connectivity index (χ1v) is 8.04. The molecule has 2 aromatic heterocycles. The maximum atomic E-state index is 12.5. The first-order valence-electron chi connectivity index (χ1n) is 8.04. The molecule has 0 bridgehead atoms. The summed E-state index contributed by atoms with van der Waals surface area (Å²) in [7, 11) is 2.02. The van der Waals surface area contributed by atoms with Gasteiger partial charge in [0.2, 0.25) is 0 Å². The fourth-order valence-corrected chi connectivity index (χ4v) is 3.04. The molecule has 0 spiro atoms. The van der Waals surface area contributed by atoms with Gasteiger partial charge < -0.3 is 14.8 Å². The molecular weight excluding hydrogens is 306 g/mol. The van der Waals surface area contributed by atoms with Crippen molar-refractivity contribution >= 4 is 11.7 Å². The van der Waals surface area contributed by atoms with Crippen molar-refractivity contribution in [1.29, 1.82) is 0 Å². The summed E-state index contributed by atoms with van der Waals surface area (Å²) < 4.78 is 0. The van der Waals surface area contributed by atoms with Crippen molar-refractivity contribution in [3.8, 4) is 0 Å². The van der Waals surface area contributed by atoms with E-state index in [1.807, 2.05) is 20.0 Å². The molecule has 3 heterocycles. The summed E-state index contributed by atoms with van der Waals surface area (Å²) in [5.74, 6) is 0.697. The summed E-state index contributed by atoms with van der Waals surface area (Å²) in [4.78, 5) is 39.1. The molecule has 1 N–H and O–H groups in total. The first kappa shape index (κ1) is 16.2. The molecule has 0 saturated carbocycles. The van der Waals surface area contributed by atoms with Crippen LogP contribution < -0.4 is 10.5 Å². The molecule has 0 atom stereocenters. The van der Waals surface area contributed by atoms with Crippen LogP contribution in [0.15, 0.2) is 35.5 Å². The van der Waals surface area contributed by atoms with Crippen LogP contribution in [0.5, 0.6) is 0 Å². The van der Waals surface area contributed by atoms with Gasteiger partial charge in [0.15, 0.2) is 0 Å².